The van der Waals surface area contributed by atoms with Crippen molar-refractivity contribution in [1.82, 2.24) is 4.98 Å². The van der Waals surface area contributed by atoms with E-state index in [1.54, 1.807) is 36.5 Å². The van der Waals surface area contributed by atoms with Gasteiger partial charge in [-0.15, -0.1) is 0 Å². The van der Waals surface area contributed by atoms with Crippen LogP contribution in [0.1, 0.15) is 22.5 Å². The number of anilines is 1. The summed E-state index contributed by atoms with van der Waals surface area (Å²) in [6, 6.07) is 8.40. The lowest BCUT2D eigenvalue weighted by Gasteiger charge is -2.19. The van der Waals surface area contributed by atoms with Gasteiger partial charge >= 0.3 is 0 Å². The molecular weight excluding hydrogens is 324 g/mol. The molecule has 0 bridgehead atoms. The SMILES string of the molecule is O=C(C[C@]1(O)C(=O)Nc2ccc(Br)cc21)c1ccc[nH]1. The number of rotatable bonds is 3. The van der Waals surface area contributed by atoms with Crippen LogP contribution in [0.2, 0.25) is 0 Å². The summed E-state index contributed by atoms with van der Waals surface area (Å²) in [6.07, 6.45) is 1.32. The summed E-state index contributed by atoms with van der Waals surface area (Å²) in [5.74, 6) is -0.897. The van der Waals surface area contributed by atoms with Crippen LogP contribution in [0, 0.1) is 0 Å². The molecule has 1 amide bonds. The van der Waals surface area contributed by atoms with Crippen LogP contribution in [0.5, 0.6) is 0 Å². The van der Waals surface area contributed by atoms with Gasteiger partial charge in [0.25, 0.3) is 5.91 Å². The Morgan fingerprint density at radius 2 is 2.15 bits per heavy atom. The highest BCUT2D eigenvalue weighted by molar-refractivity contribution is 9.10. The molecule has 5 nitrogen and oxygen atoms in total. The van der Waals surface area contributed by atoms with E-state index >= 15 is 0 Å². The molecule has 0 radical (unpaired) electrons. The fourth-order valence-corrected chi connectivity index (χ4v) is 2.68. The summed E-state index contributed by atoms with van der Waals surface area (Å²) in [7, 11) is 0. The Hall–Kier alpha value is -1.92. The second kappa shape index (κ2) is 4.57. The van der Waals surface area contributed by atoms with Crippen LogP contribution < -0.4 is 5.32 Å². The standard InChI is InChI=1S/C14H11BrN2O3/c15-8-3-4-10-9(6-8)14(20,13(19)17-10)7-12(18)11-2-1-5-16-11/h1-6,16,20H,7H2,(H,17,19)/t14-/m1/s1. The van der Waals surface area contributed by atoms with Gasteiger partial charge in [-0.1, -0.05) is 15.9 Å². The van der Waals surface area contributed by atoms with Gasteiger partial charge in [-0.05, 0) is 30.3 Å². The number of halogens is 1. The van der Waals surface area contributed by atoms with Crippen molar-refractivity contribution >= 4 is 33.3 Å². The smallest absolute Gasteiger partial charge is 0.261 e. The second-order valence-electron chi connectivity index (χ2n) is 4.69. The van der Waals surface area contributed by atoms with Crippen LogP contribution in [0.3, 0.4) is 0 Å². The van der Waals surface area contributed by atoms with Crippen molar-refractivity contribution in [3.63, 3.8) is 0 Å². The first-order valence-electron chi connectivity index (χ1n) is 6.01. The van der Waals surface area contributed by atoms with Crippen LogP contribution >= 0.6 is 15.9 Å². The van der Waals surface area contributed by atoms with Crippen molar-refractivity contribution < 1.29 is 14.7 Å². The third-order valence-corrected chi connectivity index (χ3v) is 3.86. The minimum Gasteiger partial charge on any atom is -0.375 e. The Labute approximate surface area is 123 Å². The molecule has 1 aromatic carbocycles. The van der Waals surface area contributed by atoms with Gasteiger partial charge in [-0.25, -0.2) is 0 Å². The van der Waals surface area contributed by atoms with Gasteiger partial charge in [-0.2, -0.15) is 0 Å². The van der Waals surface area contributed by atoms with E-state index in [4.69, 9.17) is 0 Å². The number of Topliss-reactive ketones (excluding diaryl/α,β-unsaturated/α-hetero) is 1. The van der Waals surface area contributed by atoms with Crippen molar-refractivity contribution in [2.75, 3.05) is 5.32 Å². The summed E-state index contributed by atoms with van der Waals surface area (Å²) in [5.41, 5.74) is -0.521. The molecule has 0 aliphatic carbocycles. The quantitative estimate of drug-likeness (QED) is 0.752. The lowest BCUT2D eigenvalue weighted by Crippen LogP contribution is -2.36. The maximum Gasteiger partial charge on any atom is 0.261 e. The number of aromatic amines is 1. The molecular formula is C14H11BrN2O3. The first-order valence-corrected chi connectivity index (χ1v) is 6.80. The van der Waals surface area contributed by atoms with E-state index in [9.17, 15) is 14.7 Å². The second-order valence-corrected chi connectivity index (χ2v) is 5.60. The minimum atomic E-state index is -1.83. The molecule has 6 heteroatoms. The molecule has 0 fully saturated rings. The fraction of sp³-hybridized carbons (Fsp3) is 0.143. The van der Waals surface area contributed by atoms with Crippen LogP contribution in [-0.2, 0) is 10.4 Å². The number of H-pyrrole nitrogens is 1. The van der Waals surface area contributed by atoms with Crippen LogP contribution in [0.4, 0.5) is 5.69 Å². The Kier molecular flexibility index (Phi) is 2.99. The molecule has 1 aliphatic heterocycles. The van der Waals surface area contributed by atoms with Gasteiger partial charge in [-0.3, -0.25) is 9.59 Å². The number of hydrogen-bond acceptors (Lipinski definition) is 3. The van der Waals surface area contributed by atoms with Gasteiger partial charge in [0.2, 0.25) is 0 Å². The fourth-order valence-electron chi connectivity index (χ4n) is 2.32. The Morgan fingerprint density at radius 3 is 2.85 bits per heavy atom. The summed E-state index contributed by atoms with van der Waals surface area (Å²) in [6.45, 7) is 0. The van der Waals surface area contributed by atoms with E-state index in [2.05, 4.69) is 26.2 Å². The maximum absolute atomic E-state index is 12.1. The van der Waals surface area contributed by atoms with Crippen LogP contribution in [-0.4, -0.2) is 21.8 Å². The lowest BCUT2D eigenvalue weighted by atomic mass is 9.89. The predicted molar refractivity (Wildman–Crippen MR) is 76.4 cm³/mol. The maximum atomic E-state index is 12.1. The van der Waals surface area contributed by atoms with E-state index in [1.165, 1.54) is 0 Å². The van der Waals surface area contributed by atoms with E-state index < -0.39 is 11.5 Å². The van der Waals surface area contributed by atoms with Gasteiger partial charge in [0, 0.05) is 21.9 Å². The zero-order valence-electron chi connectivity index (χ0n) is 10.3. The number of fused-ring (bicyclic) bond motifs is 1. The van der Waals surface area contributed by atoms with E-state index in [0.717, 1.165) is 4.47 Å². The lowest BCUT2D eigenvalue weighted by molar-refractivity contribution is -0.133. The van der Waals surface area contributed by atoms with Crippen molar-refractivity contribution in [3.05, 3.63) is 52.3 Å². The topological polar surface area (TPSA) is 82.2 Å². The molecule has 20 heavy (non-hydrogen) atoms. The number of ketones is 1. The molecule has 0 unspecified atom stereocenters. The summed E-state index contributed by atoms with van der Waals surface area (Å²) >= 11 is 3.30. The Morgan fingerprint density at radius 1 is 1.35 bits per heavy atom. The number of aromatic nitrogens is 1. The van der Waals surface area contributed by atoms with E-state index in [-0.39, 0.29) is 12.2 Å². The third kappa shape index (κ3) is 1.97. The molecule has 1 atom stereocenters. The van der Waals surface area contributed by atoms with Crippen molar-refractivity contribution in [2.45, 2.75) is 12.0 Å². The largest absolute Gasteiger partial charge is 0.375 e. The van der Waals surface area contributed by atoms with Crippen molar-refractivity contribution in [1.29, 1.82) is 0 Å². The number of amides is 1. The van der Waals surface area contributed by atoms with Gasteiger partial charge in [0.1, 0.15) is 0 Å². The van der Waals surface area contributed by atoms with Crippen molar-refractivity contribution in [2.24, 2.45) is 0 Å². The van der Waals surface area contributed by atoms with E-state index in [0.29, 0.717) is 16.9 Å². The first-order chi connectivity index (χ1) is 9.50. The predicted octanol–water partition coefficient (Wildman–Crippen LogP) is 2.19. The highest BCUT2D eigenvalue weighted by Gasteiger charge is 2.47. The Balaban J connectivity index is 1.98. The molecule has 0 saturated carbocycles. The zero-order valence-corrected chi connectivity index (χ0v) is 11.9. The Bertz CT molecular complexity index is 696. The molecule has 0 saturated heterocycles. The molecule has 3 rings (SSSR count). The molecule has 1 aromatic heterocycles. The van der Waals surface area contributed by atoms with Gasteiger partial charge < -0.3 is 15.4 Å². The first kappa shape index (κ1) is 13.1. The molecule has 2 aromatic rings. The van der Waals surface area contributed by atoms with Crippen LogP contribution in [0.15, 0.2) is 41.0 Å². The van der Waals surface area contributed by atoms with E-state index in [1.807, 2.05) is 0 Å². The number of carbonyl (C=O) groups excluding carboxylic acids is 2. The molecule has 1 aliphatic rings. The molecule has 102 valence electrons. The number of carbonyl (C=O) groups is 2. The minimum absolute atomic E-state index is 0.303. The van der Waals surface area contributed by atoms with Gasteiger partial charge in [0.05, 0.1) is 12.1 Å². The average molecular weight is 335 g/mol. The highest BCUT2D eigenvalue weighted by atomic mass is 79.9. The highest BCUT2D eigenvalue weighted by Crippen LogP contribution is 2.40. The summed E-state index contributed by atoms with van der Waals surface area (Å²) in [5, 5.41) is 13.2. The number of nitrogens with one attached hydrogen (secondary N) is 2. The summed E-state index contributed by atoms with van der Waals surface area (Å²) < 4.78 is 0.735. The summed E-state index contributed by atoms with van der Waals surface area (Å²) in [4.78, 5) is 26.9. The number of benzene rings is 1. The van der Waals surface area contributed by atoms with Gasteiger partial charge in [0.15, 0.2) is 11.4 Å². The van der Waals surface area contributed by atoms with Crippen molar-refractivity contribution in [3.8, 4) is 0 Å². The number of hydrogen-bond donors (Lipinski definition) is 3. The molecule has 2 heterocycles. The normalized spacial score (nSPS) is 20.6. The average Bonchev–Trinajstić information content (AvgIpc) is 3.00. The third-order valence-electron chi connectivity index (χ3n) is 3.37. The monoisotopic (exact) mass is 334 g/mol. The van der Waals surface area contributed by atoms with Crippen LogP contribution in [0.25, 0.3) is 0 Å². The zero-order chi connectivity index (χ0) is 14.3. The molecule has 3 N–H and O–H groups in total. The molecule has 0 spiro atoms. The number of aliphatic hydroxyl groups is 1.